The van der Waals surface area contributed by atoms with Crippen molar-refractivity contribution >= 4 is 46.4 Å². The van der Waals surface area contributed by atoms with Gasteiger partial charge in [-0.3, -0.25) is 19.2 Å². The van der Waals surface area contributed by atoms with E-state index in [0.29, 0.717) is 0 Å². The number of hydrogen-bond acceptors (Lipinski definition) is 12. The summed E-state index contributed by atoms with van der Waals surface area (Å²) in [5, 5.41) is 42.6. The zero-order valence-electron chi connectivity index (χ0n) is 23.9. The van der Waals surface area contributed by atoms with E-state index in [0.717, 1.165) is 24.3 Å². The molecule has 0 unspecified atom stereocenters. The summed E-state index contributed by atoms with van der Waals surface area (Å²) in [6, 6.07) is 4.43. The molecule has 0 fully saturated rings. The summed E-state index contributed by atoms with van der Waals surface area (Å²) in [4.78, 5) is 41.9. The van der Waals surface area contributed by atoms with Crippen LogP contribution in [0.1, 0.15) is 23.0 Å². The van der Waals surface area contributed by atoms with Crippen LogP contribution in [0, 0.1) is 27.7 Å². The van der Waals surface area contributed by atoms with Gasteiger partial charge in [0.05, 0.1) is 58.8 Å². The fourth-order valence-electron chi connectivity index (χ4n) is 2.00. The average Bonchev–Trinajstić information content (AvgIpc) is 2.94. The maximum absolute atomic E-state index is 10.6. The molecule has 0 saturated heterocycles. The second-order valence-electron chi connectivity index (χ2n) is 6.88. The van der Waals surface area contributed by atoms with E-state index in [4.69, 9.17) is 46.4 Å². The van der Waals surface area contributed by atoms with E-state index < -0.39 is 44.7 Å². The van der Waals surface area contributed by atoms with E-state index in [2.05, 4.69) is 17.7 Å². The van der Waals surface area contributed by atoms with Gasteiger partial charge in [-0.05, 0) is 50.7 Å². The zero-order chi connectivity index (χ0) is 32.8. The van der Waals surface area contributed by atoms with Crippen LogP contribution >= 0.6 is 46.4 Å². The van der Waals surface area contributed by atoms with Gasteiger partial charge >= 0.3 is 39.0 Å². The van der Waals surface area contributed by atoms with E-state index in [1.54, 1.807) is 0 Å². The van der Waals surface area contributed by atoms with Crippen molar-refractivity contribution in [1.29, 1.82) is 0 Å². The van der Waals surface area contributed by atoms with Gasteiger partial charge in [-0.2, -0.15) is 0 Å². The van der Waals surface area contributed by atoms with Crippen molar-refractivity contribution in [2.45, 2.75) is 27.7 Å². The fraction of sp³-hybridized carbons (Fsp3) is 0.231. The van der Waals surface area contributed by atoms with E-state index >= 15 is 0 Å². The van der Waals surface area contributed by atoms with Crippen LogP contribution in [0.5, 0.6) is 23.0 Å². The Balaban J connectivity index is -0.000000225. The second-order valence-corrected chi connectivity index (χ2v) is 8.50. The van der Waals surface area contributed by atoms with Crippen molar-refractivity contribution in [2.24, 2.45) is 0 Å². The maximum Gasteiger partial charge on any atom is 2.00 e. The van der Waals surface area contributed by atoms with Gasteiger partial charge in [-0.1, -0.05) is 0 Å². The molecule has 4 rings (SSSR count). The summed E-state index contributed by atoms with van der Waals surface area (Å²) in [5.41, 5.74) is -2.06. The van der Waals surface area contributed by atoms with Gasteiger partial charge in [0.25, 0.3) is 0 Å². The third kappa shape index (κ3) is 20.4. The predicted octanol–water partition coefficient (Wildman–Crippen LogP) is 2.93. The monoisotopic (exact) mass is 796 g/mol. The minimum atomic E-state index is -0.558. The van der Waals surface area contributed by atoms with E-state index in [9.17, 15) is 39.6 Å². The molecule has 0 atom stereocenters. The first-order valence-corrected chi connectivity index (χ1v) is 13.1. The molecule has 0 aliphatic carbocycles. The van der Waals surface area contributed by atoms with Crippen molar-refractivity contribution < 1.29 is 77.1 Å². The molecule has 4 aromatic rings. The Morgan fingerprint density at radius 1 is 0.455 bits per heavy atom. The maximum atomic E-state index is 10.6. The van der Waals surface area contributed by atoms with Gasteiger partial charge in [0.2, 0.25) is 0 Å². The Hall–Kier alpha value is -2.59. The largest absolute Gasteiger partial charge is 2.00 e. The summed E-state index contributed by atoms with van der Waals surface area (Å²) in [6.45, 7) is 5.85. The molecule has 0 aromatic carbocycles. The van der Waals surface area contributed by atoms with Crippen molar-refractivity contribution in [3.63, 3.8) is 0 Å². The van der Waals surface area contributed by atoms with Crippen molar-refractivity contribution in [1.82, 2.24) is 0 Å². The molecule has 0 aliphatic heterocycles. The standard InChI is InChI=1S/4C6H6O3.2CH2Cl2.2Zn/c4*1-4-6(8)5(7)2-3-9-4;2*2-1-3;;/h4*2-3,8H,1H3;2*1H2;;/q;;;;;;2*+2/p-4. The van der Waals surface area contributed by atoms with E-state index in [1.807, 2.05) is 0 Å². The van der Waals surface area contributed by atoms with Crippen LogP contribution in [0.25, 0.3) is 0 Å². The molecule has 4 aromatic heterocycles. The van der Waals surface area contributed by atoms with Crippen LogP contribution in [0.2, 0.25) is 0 Å². The first-order chi connectivity index (χ1) is 19.7. The number of aryl methyl sites for hydroxylation is 4. The van der Waals surface area contributed by atoms with Gasteiger partial charge in [-0.15, -0.1) is 46.4 Å². The fourth-order valence-corrected chi connectivity index (χ4v) is 2.00. The van der Waals surface area contributed by atoms with Crippen molar-refractivity contribution in [3.05, 3.63) is 113 Å². The minimum Gasteiger partial charge on any atom is -0.868 e. The zero-order valence-corrected chi connectivity index (χ0v) is 32.8. The smallest absolute Gasteiger partial charge is 0.868 e. The third-order valence-electron chi connectivity index (χ3n) is 4.03. The number of alkyl halides is 4. The normalized spacial score (nSPS) is 8.55. The molecule has 0 aliphatic rings. The summed E-state index contributed by atoms with van der Waals surface area (Å²) >= 11 is 19.1. The topological polar surface area (TPSA) is 213 Å². The first kappa shape index (κ1) is 48.3. The predicted molar refractivity (Wildman–Crippen MR) is 150 cm³/mol. The molecule has 44 heavy (non-hydrogen) atoms. The molecule has 0 spiro atoms. The van der Waals surface area contributed by atoms with Crippen LogP contribution in [0.3, 0.4) is 0 Å². The van der Waals surface area contributed by atoms with Gasteiger partial charge < -0.3 is 38.1 Å². The molecule has 232 valence electrons. The van der Waals surface area contributed by atoms with E-state index in [1.165, 1.54) is 52.7 Å². The minimum absolute atomic E-state index is 0. The van der Waals surface area contributed by atoms with Gasteiger partial charge in [-0.25, -0.2) is 0 Å². The molecule has 18 heteroatoms. The number of halogens is 4. The molecule has 0 saturated carbocycles. The molecule has 0 N–H and O–H groups in total. The molecule has 4 heterocycles. The summed E-state index contributed by atoms with van der Waals surface area (Å²) in [6.07, 6.45) is 4.83. The first-order valence-electron chi connectivity index (χ1n) is 10.9. The molecule has 12 nitrogen and oxygen atoms in total. The van der Waals surface area contributed by atoms with Gasteiger partial charge in [0.15, 0.2) is 21.7 Å². The van der Waals surface area contributed by atoms with Gasteiger partial charge in [0.1, 0.15) is 0 Å². The summed E-state index contributed by atoms with van der Waals surface area (Å²) < 4.78 is 18.5. The van der Waals surface area contributed by atoms with Crippen molar-refractivity contribution in [2.75, 3.05) is 10.7 Å². The van der Waals surface area contributed by atoms with Crippen LogP contribution < -0.4 is 42.1 Å². The van der Waals surface area contributed by atoms with Crippen LogP contribution in [-0.2, 0) is 39.0 Å². The Morgan fingerprint density at radius 2 is 0.591 bits per heavy atom. The van der Waals surface area contributed by atoms with Crippen LogP contribution in [0.4, 0.5) is 0 Å². The number of hydrogen-bond donors (Lipinski definition) is 0. The Bertz CT molecular complexity index is 1340. The van der Waals surface area contributed by atoms with Crippen LogP contribution in [-0.4, -0.2) is 10.7 Å². The molecular weight excluding hydrogens is 777 g/mol. The summed E-state index contributed by atoms with van der Waals surface area (Å²) in [5.74, 6) is -1.67. The van der Waals surface area contributed by atoms with E-state index in [-0.39, 0.29) is 72.7 Å². The SMILES string of the molecule is Cc1occc(=O)c1[O-].Cc1occc(=O)c1[O-].Cc1occc(=O)c1[O-].Cc1occc(=O)c1[O-].ClCCl.ClCCl.[Zn+2].[Zn+2]. The third-order valence-corrected chi connectivity index (χ3v) is 4.03. The quantitative estimate of drug-likeness (QED) is 0.186. The Kier molecular flexibility index (Phi) is 30.7. The molecule has 0 amide bonds. The molecular formula is C26H24Cl4O12Zn2. The van der Waals surface area contributed by atoms with Crippen LogP contribution in [0.15, 0.2) is 86.2 Å². The Morgan fingerprint density at radius 3 is 0.682 bits per heavy atom. The number of rotatable bonds is 0. The second kappa shape index (κ2) is 27.9. The average molecular weight is 801 g/mol. The van der Waals surface area contributed by atoms with Crippen molar-refractivity contribution in [3.8, 4) is 23.0 Å². The molecule has 0 radical (unpaired) electrons. The molecule has 0 bridgehead atoms. The Labute approximate surface area is 296 Å². The van der Waals surface area contributed by atoms with Gasteiger partial charge in [0, 0.05) is 24.3 Å². The summed E-state index contributed by atoms with van der Waals surface area (Å²) in [7, 11) is 0.